The monoisotopic (exact) mass is 312 g/mol. The van der Waals surface area contributed by atoms with Gasteiger partial charge in [0.2, 0.25) is 0 Å². The van der Waals surface area contributed by atoms with Crippen molar-refractivity contribution in [3.05, 3.63) is 65.5 Å². The number of hydrogen-bond donors (Lipinski definition) is 0. The molecule has 0 bridgehead atoms. The van der Waals surface area contributed by atoms with E-state index in [0.717, 1.165) is 5.56 Å². The van der Waals surface area contributed by atoms with E-state index in [0.29, 0.717) is 5.06 Å². The molecule has 1 aliphatic rings. The maximum Gasteiger partial charge on any atom is 0.358 e. The molecule has 0 saturated heterocycles. The van der Waals surface area contributed by atoms with Crippen molar-refractivity contribution in [1.82, 2.24) is 10.0 Å². The van der Waals surface area contributed by atoms with Crippen molar-refractivity contribution in [2.75, 3.05) is 6.61 Å². The quantitative estimate of drug-likeness (QED) is 0.775. The zero-order valence-corrected chi connectivity index (χ0v) is 12.0. The molecular weight excluding hydrogens is 300 g/mol. The lowest BCUT2D eigenvalue weighted by molar-refractivity contribution is -0.174. The summed E-state index contributed by atoms with van der Waals surface area (Å²) in [7, 11) is 0. The van der Waals surface area contributed by atoms with Crippen LogP contribution in [0.2, 0.25) is 0 Å². The van der Waals surface area contributed by atoms with Crippen LogP contribution < -0.4 is 0 Å². The van der Waals surface area contributed by atoms with Crippen LogP contribution in [0.25, 0.3) is 0 Å². The molecule has 23 heavy (non-hydrogen) atoms. The van der Waals surface area contributed by atoms with Crippen LogP contribution >= 0.6 is 0 Å². The summed E-state index contributed by atoms with van der Waals surface area (Å²) in [6, 6.07) is 9.81. The Labute approximate surface area is 131 Å². The molecule has 0 spiro atoms. The highest BCUT2D eigenvalue weighted by molar-refractivity contribution is 6.20. The van der Waals surface area contributed by atoms with Crippen molar-refractivity contribution in [3.63, 3.8) is 0 Å². The summed E-state index contributed by atoms with van der Waals surface area (Å²) in [5.41, 5.74) is 1.21. The smallest absolute Gasteiger partial charge is 0.358 e. The number of carbonyl (C=O) groups excluding carboxylic acids is 3. The second-order valence-corrected chi connectivity index (χ2v) is 4.77. The van der Waals surface area contributed by atoms with Gasteiger partial charge in [-0.1, -0.05) is 23.3 Å². The summed E-state index contributed by atoms with van der Waals surface area (Å²) in [5.74, 6) is -2.15. The summed E-state index contributed by atoms with van der Waals surface area (Å²) in [6.45, 7) is -0.215. The number of hydrogen-bond acceptors (Lipinski definition) is 6. The van der Waals surface area contributed by atoms with Crippen LogP contribution in [0.3, 0.4) is 0 Å². The van der Waals surface area contributed by atoms with Crippen LogP contribution in [0.15, 0.2) is 48.8 Å². The molecule has 0 radical (unpaired) electrons. The number of nitrogens with zero attached hydrogens (tertiary/aromatic N) is 2. The standard InChI is InChI=1S/C16H12N2O5/c19-14(10-22-9-11-4-3-7-17-8-11)23-18-15(20)12-5-1-2-6-13(12)16(18)21/h1-8H,9-10H2. The summed E-state index contributed by atoms with van der Waals surface area (Å²) >= 11 is 0. The maximum atomic E-state index is 12.0. The number of imide groups is 1. The van der Waals surface area contributed by atoms with Gasteiger partial charge >= 0.3 is 5.97 Å². The average molecular weight is 312 g/mol. The van der Waals surface area contributed by atoms with Crippen LogP contribution in [-0.4, -0.2) is 34.4 Å². The van der Waals surface area contributed by atoms with Gasteiger partial charge in [0.1, 0.15) is 6.61 Å². The summed E-state index contributed by atoms with van der Waals surface area (Å²) in [6.07, 6.45) is 3.23. The fraction of sp³-hybridized carbons (Fsp3) is 0.125. The second-order valence-electron chi connectivity index (χ2n) is 4.77. The Hall–Kier alpha value is -3.06. The number of rotatable bonds is 5. The van der Waals surface area contributed by atoms with E-state index in [4.69, 9.17) is 9.57 Å². The number of pyridine rings is 1. The molecule has 2 aromatic rings. The molecule has 1 aromatic heterocycles. The fourth-order valence-electron chi connectivity index (χ4n) is 2.11. The van der Waals surface area contributed by atoms with E-state index in [1.807, 2.05) is 0 Å². The van der Waals surface area contributed by atoms with Crippen LogP contribution in [0.1, 0.15) is 26.3 Å². The van der Waals surface area contributed by atoms with Gasteiger partial charge in [0, 0.05) is 12.4 Å². The Kier molecular flexibility index (Phi) is 4.11. The Morgan fingerprint density at radius 3 is 2.35 bits per heavy atom. The van der Waals surface area contributed by atoms with E-state index in [1.54, 1.807) is 36.7 Å². The third kappa shape index (κ3) is 3.09. The number of amides is 2. The zero-order chi connectivity index (χ0) is 16.2. The first-order valence-electron chi connectivity index (χ1n) is 6.82. The van der Waals surface area contributed by atoms with Crippen molar-refractivity contribution in [2.45, 2.75) is 6.61 Å². The van der Waals surface area contributed by atoms with E-state index in [2.05, 4.69) is 4.98 Å². The van der Waals surface area contributed by atoms with Gasteiger partial charge in [0.05, 0.1) is 17.7 Å². The average Bonchev–Trinajstić information content (AvgIpc) is 2.81. The maximum absolute atomic E-state index is 12.0. The van der Waals surface area contributed by atoms with E-state index >= 15 is 0 Å². The third-order valence-electron chi connectivity index (χ3n) is 3.16. The molecule has 7 nitrogen and oxygen atoms in total. The topological polar surface area (TPSA) is 85.8 Å². The van der Waals surface area contributed by atoms with Gasteiger partial charge in [0.15, 0.2) is 0 Å². The Balaban J connectivity index is 1.55. The molecule has 0 fully saturated rings. The Morgan fingerprint density at radius 1 is 1.04 bits per heavy atom. The summed E-state index contributed by atoms with van der Waals surface area (Å²) in [5, 5.41) is 0.459. The van der Waals surface area contributed by atoms with E-state index < -0.39 is 17.8 Å². The number of fused-ring (bicyclic) bond motifs is 1. The van der Waals surface area contributed by atoms with E-state index in [1.165, 1.54) is 12.1 Å². The molecule has 0 N–H and O–H groups in total. The molecule has 0 saturated carbocycles. The molecule has 7 heteroatoms. The molecule has 1 aliphatic heterocycles. The number of ether oxygens (including phenoxy) is 1. The van der Waals surface area contributed by atoms with Gasteiger partial charge in [-0.2, -0.15) is 0 Å². The Morgan fingerprint density at radius 2 is 1.74 bits per heavy atom. The minimum Gasteiger partial charge on any atom is -0.365 e. The molecule has 3 rings (SSSR count). The first-order chi connectivity index (χ1) is 11.2. The first kappa shape index (κ1) is 14.9. The van der Waals surface area contributed by atoms with Gasteiger partial charge in [-0.3, -0.25) is 14.6 Å². The van der Waals surface area contributed by atoms with Crippen molar-refractivity contribution in [1.29, 1.82) is 0 Å². The minimum absolute atomic E-state index is 0.172. The van der Waals surface area contributed by atoms with E-state index in [9.17, 15) is 14.4 Å². The molecule has 0 aliphatic carbocycles. The van der Waals surface area contributed by atoms with Crippen molar-refractivity contribution >= 4 is 17.8 Å². The van der Waals surface area contributed by atoms with Crippen LogP contribution in [0, 0.1) is 0 Å². The highest BCUT2D eigenvalue weighted by atomic mass is 16.7. The molecule has 2 amide bonds. The van der Waals surface area contributed by atoms with Crippen LogP contribution in [0.4, 0.5) is 0 Å². The third-order valence-corrected chi connectivity index (χ3v) is 3.16. The number of aromatic nitrogens is 1. The molecule has 0 atom stereocenters. The van der Waals surface area contributed by atoms with Crippen molar-refractivity contribution < 1.29 is 24.0 Å². The number of benzene rings is 1. The molecule has 2 heterocycles. The predicted octanol–water partition coefficient (Wildman–Crippen LogP) is 1.35. The van der Waals surface area contributed by atoms with Crippen molar-refractivity contribution in [3.8, 4) is 0 Å². The summed E-state index contributed by atoms with van der Waals surface area (Å²) < 4.78 is 5.18. The SMILES string of the molecule is O=C(COCc1cccnc1)ON1C(=O)c2ccccc2C1=O. The second kappa shape index (κ2) is 6.37. The molecule has 0 unspecified atom stereocenters. The molecule has 116 valence electrons. The summed E-state index contributed by atoms with van der Waals surface area (Å²) in [4.78, 5) is 44.5. The molecule has 1 aromatic carbocycles. The van der Waals surface area contributed by atoms with E-state index in [-0.39, 0.29) is 24.3 Å². The van der Waals surface area contributed by atoms with Crippen LogP contribution in [0.5, 0.6) is 0 Å². The fourth-order valence-corrected chi connectivity index (χ4v) is 2.11. The highest BCUT2D eigenvalue weighted by Crippen LogP contribution is 2.22. The number of hydroxylamine groups is 2. The largest absolute Gasteiger partial charge is 0.365 e. The van der Waals surface area contributed by atoms with Gasteiger partial charge in [-0.25, -0.2) is 4.79 Å². The zero-order valence-electron chi connectivity index (χ0n) is 12.0. The lowest BCUT2D eigenvalue weighted by Crippen LogP contribution is -2.34. The lowest BCUT2D eigenvalue weighted by atomic mass is 10.1. The lowest BCUT2D eigenvalue weighted by Gasteiger charge is -2.12. The van der Waals surface area contributed by atoms with Gasteiger partial charge < -0.3 is 9.57 Å². The minimum atomic E-state index is -0.830. The van der Waals surface area contributed by atoms with Crippen LogP contribution in [-0.2, 0) is 21.0 Å². The van der Waals surface area contributed by atoms with Crippen molar-refractivity contribution in [2.24, 2.45) is 0 Å². The molecular formula is C16H12N2O5. The first-order valence-corrected chi connectivity index (χ1v) is 6.82. The predicted molar refractivity (Wildman–Crippen MR) is 76.9 cm³/mol. The number of carbonyl (C=O) groups is 3. The van der Waals surface area contributed by atoms with Gasteiger partial charge in [-0.15, -0.1) is 0 Å². The van der Waals surface area contributed by atoms with Gasteiger partial charge in [-0.05, 0) is 23.8 Å². The van der Waals surface area contributed by atoms with Gasteiger partial charge in [0.25, 0.3) is 11.8 Å². The normalized spacial score (nSPS) is 13.1. The Bertz CT molecular complexity index is 725. The highest BCUT2D eigenvalue weighted by Gasteiger charge is 2.38.